The second kappa shape index (κ2) is 7.35. The van der Waals surface area contributed by atoms with Crippen LogP contribution in [0.5, 0.6) is 0 Å². The number of nitrogens with two attached hydrogens (primary N) is 1. The summed E-state index contributed by atoms with van der Waals surface area (Å²) in [6.07, 6.45) is 0.894. The predicted octanol–water partition coefficient (Wildman–Crippen LogP) is 5.20. The third-order valence-electron chi connectivity index (χ3n) is 5.21. The topological polar surface area (TPSA) is 76.1 Å². The maximum absolute atomic E-state index is 13.1. The van der Waals surface area contributed by atoms with Crippen LogP contribution in [0.4, 0.5) is 0 Å². The summed E-state index contributed by atoms with van der Waals surface area (Å²) in [6, 6.07) is 17.0. The summed E-state index contributed by atoms with van der Waals surface area (Å²) in [7, 11) is 0. The number of allylic oxidation sites excluding steroid dienone is 3. The van der Waals surface area contributed by atoms with Crippen molar-refractivity contribution in [1.29, 1.82) is 5.26 Å². The van der Waals surface area contributed by atoms with Crippen LogP contribution in [0, 0.1) is 11.3 Å². The maximum atomic E-state index is 13.1. The van der Waals surface area contributed by atoms with Crippen molar-refractivity contribution in [3.8, 4) is 6.07 Å². The average molecular weight is 411 g/mol. The van der Waals surface area contributed by atoms with Crippen molar-refractivity contribution in [2.24, 2.45) is 5.73 Å². The molecule has 4 rings (SSSR count). The van der Waals surface area contributed by atoms with Gasteiger partial charge in [0.25, 0.3) is 0 Å². The minimum absolute atomic E-state index is 0.0124. The van der Waals surface area contributed by atoms with Crippen molar-refractivity contribution in [2.75, 3.05) is 0 Å². The molecule has 1 aliphatic carbocycles. The lowest BCUT2D eigenvalue weighted by Crippen LogP contribution is -2.29. The van der Waals surface area contributed by atoms with Gasteiger partial charge in [0.05, 0.1) is 16.0 Å². The van der Waals surface area contributed by atoms with Gasteiger partial charge in [-0.2, -0.15) is 5.26 Å². The van der Waals surface area contributed by atoms with Gasteiger partial charge in [-0.25, -0.2) is 0 Å². The van der Waals surface area contributed by atoms with E-state index >= 15 is 0 Å². The Hall–Kier alpha value is -2.74. The molecule has 4 nitrogen and oxygen atoms in total. The first-order valence-corrected chi connectivity index (χ1v) is 9.59. The van der Waals surface area contributed by atoms with E-state index in [2.05, 4.69) is 6.07 Å². The van der Waals surface area contributed by atoms with Gasteiger partial charge in [0.1, 0.15) is 17.4 Å². The monoisotopic (exact) mass is 410 g/mol. The van der Waals surface area contributed by atoms with E-state index in [1.165, 1.54) is 0 Å². The standard InChI is InChI=1S/C22H16Cl2N2O2/c23-16-7-6-13(8-17(16)24)20-15(11-25)22(26)28-19-10-14(9-18(27)21(19)20)12-4-2-1-3-5-12/h1-8,14,20H,9-10,26H2/t14-,20-/m0/s1. The highest BCUT2D eigenvalue weighted by molar-refractivity contribution is 6.42. The summed E-state index contributed by atoms with van der Waals surface area (Å²) in [5.41, 5.74) is 8.51. The largest absolute Gasteiger partial charge is 0.444 e. The zero-order valence-electron chi connectivity index (χ0n) is 14.8. The molecule has 0 spiro atoms. The van der Waals surface area contributed by atoms with E-state index in [1.807, 2.05) is 30.3 Å². The van der Waals surface area contributed by atoms with Crippen molar-refractivity contribution in [3.63, 3.8) is 0 Å². The number of Topliss-reactive ketones (excluding diaryl/α,β-unsaturated/α-hetero) is 1. The van der Waals surface area contributed by atoms with E-state index in [-0.39, 0.29) is 23.2 Å². The van der Waals surface area contributed by atoms with Crippen LogP contribution in [-0.4, -0.2) is 5.78 Å². The quantitative estimate of drug-likeness (QED) is 0.737. The highest BCUT2D eigenvalue weighted by atomic mass is 35.5. The molecule has 2 aliphatic rings. The van der Waals surface area contributed by atoms with Crippen LogP contribution in [0.3, 0.4) is 0 Å². The van der Waals surface area contributed by atoms with Crippen LogP contribution in [0.2, 0.25) is 10.0 Å². The molecular weight excluding hydrogens is 395 g/mol. The molecule has 0 fully saturated rings. The highest BCUT2D eigenvalue weighted by Crippen LogP contribution is 2.47. The minimum Gasteiger partial charge on any atom is -0.444 e. The normalized spacial score (nSPS) is 21.8. The molecule has 1 aliphatic heterocycles. The minimum atomic E-state index is -0.604. The lowest BCUT2D eigenvalue weighted by Gasteiger charge is -2.34. The van der Waals surface area contributed by atoms with Crippen LogP contribution in [0.25, 0.3) is 0 Å². The zero-order valence-corrected chi connectivity index (χ0v) is 16.3. The Kier molecular flexibility index (Phi) is 4.89. The van der Waals surface area contributed by atoms with Crippen molar-refractivity contribution in [1.82, 2.24) is 0 Å². The first kappa shape index (κ1) is 18.6. The molecule has 0 aromatic heterocycles. The molecule has 2 atom stereocenters. The van der Waals surface area contributed by atoms with Gasteiger partial charge in [-0.15, -0.1) is 0 Å². The Morgan fingerprint density at radius 2 is 1.79 bits per heavy atom. The van der Waals surface area contributed by atoms with Crippen LogP contribution in [-0.2, 0) is 9.53 Å². The number of benzene rings is 2. The number of carbonyl (C=O) groups excluding carboxylic acids is 1. The van der Waals surface area contributed by atoms with Crippen LogP contribution in [0.15, 0.2) is 71.3 Å². The fourth-order valence-corrected chi connectivity index (χ4v) is 4.20. The van der Waals surface area contributed by atoms with Gasteiger partial charge < -0.3 is 10.5 Å². The Labute approximate surface area is 172 Å². The molecule has 0 unspecified atom stereocenters. The van der Waals surface area contributed by atoms with Crippen molar-refractivity contribution >= 4 is 29.0 Å². The van der Waals surface area contributed by atoms with E-state index in [0.29, 0.717) is 39.8 Å². The lowest BCUT2D eigenvalue weighted by atomic mass is 9.73. The molecule has 6 heteroatoms. The van der Waals surface area contributed by atoms with E-state index in [0.717, 1.165) is 5.56 Å². The SMILES string of the molecule is N#CC1=C(N)OC2=C(C(=O)C[C@H](c3ccccc3)C2)[C@H]1c1ccc(Cl)c(Cl)c1. The van der Waals surface area contributed by atoms with Crippen molar-refractivity contribution in [2.45, 2.75) is 24.7 Å². The molecule has 2 N–H and O–H groups in total. The van der Waals surface area contributed by atoms with Gasteiger partial charge >= 0.3 is 0 Å². The average Bonchev–Trinajstić information content (AvgIpc) is 2.69. The summed E-state index contributed by atoms with van der Waals surface area (Å²) >= 11 is 12.2. The Balaban J connectivity index is 1.81. The molecule has 0 bridgehead atoms. The highest BCUT2D eigenvalue weighted by Gasteiger charge is 2.40. The fourth-order valence-electron chi connectivity index (χ4n) is 3.89. The molecular formula is C22H16Cl2N2O2. The summed E-state index contributed by atoms with van der Waals surface area (Å²) in [5.74, 6) is -0.0889. The Morgan fingerprint density at radius 3 is 2.46 bits per heavy atom. The number of carbonyl (C=O) groups is 1. The number of ketones is 1. The van der Waals surface area contributed by atoms with E-state index in [4.69, 9.17) is 33.7 Å². The first-order valence-electron chi connectivity index (χ1n) is 8.83. The van der Waals surface area contributed by atoms with Gasteiger partial charge in [-0.05, 0) is 29.2 Å². The third-order valence-corrected chi connectivity index (χ3v) is 5.95. The molecule has 0 saturated heterocycles. The van der Waals surface area contributed by atoms with Crippen LogP contribution < -0.4 is 5.73 Å². The molecule has 0 saturated carbocycles. The summed E-state index contributed by atoms with van der Waals surface area (Å²) in [5, 5.41) is 10.4. The second-order valence-corrected chi connectivity index (χ2v) is 7.69. The number of halogens is 2. The Bertz CT molecular complexity index is 1070. The molecule has 0 radical (unpaired) electrons. The van der Waals surface area contributed by atoms with Gasteiger partial charge in [0.2, 0.25) is 5.88 Å². The van der Waals surface area contributed by atoms with E-state index in [1.54, 1.807) is 18.2 Å². The van der Waals surface area contributed by atoms with Crippen molar-refractivity contribution in [3.05, 3.63) is 92.5 Å². The summed E-state index contributed by atoms with van der Waals surface area (Å²) in [4.78, 5) is 13.1. The van der Waals surface area contributed by atoms with Crippen LogP contribution in [0.1, 0.15) is 35.8 Å². The van der Waals surface area contributed by atoms with Gasteiger partial charge in [-0.3, -0.25) is 4.79 Å². The number of nitrogens with zero attached hydrogens (tertiary/aromatic N) is 1. The maximum Gasteiger partial charge on any atom is 0.205 e. The number of ether oxygens (including phenoxy) is 1. The van der Waals surface area contributed by atoms with E-state index < -0.39 is 5.92 Å². The van der Waals surface area contributed by atoms with Crippen LogP contribution >= 0.6 is 23.2 Å². The number of hydrogen-bond donors (Lipinski definition) is 1. The third kappa shape index (κ3) is 3.17. The molecule has 28 heavy (non-hydrogen) atoms. The number of nitriles is 1. The first-order chi connectivity index (χ1) is 13.5. The molecule has 2 aromatic rings. The molecule has 1 heterocycles. The number of hydrogen-bond acceptors (Lipinski definition) is 4. The number of rotatable bonds is 2. The predicted molar refractivity (Wildman–Crippen MR) is 108 cm³/mol. The second-order valence-electron chi connectivity index (χ2n) is 6.87. The zero-order chi connectivity index (χ0) is 19.8. The van der Waals surface area contributed by atoms with Gasteiger partial charge in [0.15, 0.2) is 5.78 Å². The van der Waals surface area contributed by atoms with Gasteiger partial charge in [-0.1, -0.05) is 59.6 Å². The fraction of sp³-hybridized carbons (Fsp3) is 0.182. The summed E-state index contributed by atoms with van der Waals surface area (Å²) < 4.78 is 5.76. The smallest absolute Gasteiger partial charge is 0.205 e. The molecule has 140 valence electrons. The van der Waals surface area contributed by atoms with Gasteiger partial charge in [0, 0.05) is 18.4 Å². The molecule has 2 aromatic carbocycles. The van der Waals surface area contributed by atoms with Crippen molar-refractivity contribution < 1.29 is 9.53 Å². The van der Waals surface area contributed by atoms with E-state index in [9.17, 15) is 10.1 Å². The summed E-state index contributed by atoms with van der Waals surface area (Å²) in [6.45, 7) is 0. The lowest BCUT2D eigenvalue weighted by molar-refractivity contribution is -0.117. The molecule has 0 amide bonds. The Morgan fingerprint density at radius 1 is 1.04 bits per heavy atom.